The van der Waals surface area contributed by atoms with E-state index in [0.717, 1.165) is 11.6 Å². The van der Waals surface area contributed by atoms with E-state index < -0.39 is 17.4 Å². The Bertz CT molecular complexity index is 995. The summed E-state index contributed by atoms with van der Waals surface area (Å²) in [6, 6.07) is 7.12. The van der Waals surface area contributed by atoms with Crippen LogP contribution < -0.4 is 10.1 Å². The molecule has 1 aromatic heterocycles. The molecule has 0 spiro atoms. The monoisotopic (exact) mass is 431 g/mol. The first-order chi connectivity index (χ1) is 14.3. The van der Waals surface area contributed by atoms with Crippen LogP contribution in [0, 0.1) is 5.41 Å². The summed E-state index contributed by atoms with van der Waals surface area (Å²) < 4.78 is 11.1. The van der Waals surface area contributed by atoms with Gasteiger partial charge in [-0.15, -0.1) is 0 Å². The van der Waals surface area contributed by atoms with Crippen LogP contribution in [0.1, 0.15) is 24.7 Å². The second kappa shape index (κ2) is 9.09. The number of rotatable bonds is 7. The summed E-state index contributed by atoms with van der Waals surface area (Å²) >= 11 is 6.39. The van der Waals surface area contributed by atoms with Crippen molar-refractivity contribution in [1.82, 2.24) is 0 Å². The van der Waals surface area contributed by atoms with Gasteiger partial charge in [0.25, 0.3) is 0 Å². The Morgan fingerprint density at radius 2 is 2.13 bits per heavy atom. The molecule has 0 fully saturated rings. The van der Waals surface area contributed by atoms with E-state index in [4.69, 9.17) is 25.9 Å². The van der Waals surface area contributed by atoms with Gasteiger partial charge < -0.3 is 24.7 Å². The first kappa shape index (κ1) is 21.5. The van der Waals surface area contributed by atoms with E-state index in [9.17, 15) is 14.7 Å². The minimum absolute atomic E-state index is 0.157. The lowest BCUT2D eigenvalue weighted by atomic mass is 9.77. The molecule has 0 saturated heterocycles. The quantitative estimate of drug-likeness (QED) is 0.554. The van der Waals surface area contributed by atoms with Crippen LogP contribution in [0.25, 0.3) is 6.08 Å². The molecule has 3 N–H and O–H groups in total. The van der Waals surface area contributed by atoms with Crippen LogP contribution in [-0.4, -0.2) is 35.3 Å². The van der Waals surface area contributed by atoms with Crippen molar-refractivity contribution in [2.24, 2.45) is 5.41 Å². The number of furan rings is 1. The molecule has 0 saturated carbocycles. The van der Waals surface area contributed by atoms with E-state index in [0.29, 0.717) is 41.7 Å². The maximum Gasteiger partial charge on any atom is 0.332 e. The Balaban J connectivity index is 1.81. The van der Waals surface area contributed by atoms with Crippen LogP contribution >= 0.6 is 11.6 Å². The van der Waals surface area contributed by atoms with Gasteiger partial charge in [0.15, 0.2) is 0 Å². The number of carboxylic acid groups (broad SMARTS) is 2. The predicted octanol–water partition coefficient (Wildman–Crippen LogP) is 4.49. The number of nitrogens with one attached hydrogen (secondary N) is 1. The molecule has 2 heterocycles. The molecular weight excluding hydrogens is 410 g/mol. The number of halogens is 1. The number of hydrogen-bond donors (Lipinski definition) is 3. The molecule has 7 nitrogen and oxygen atoms in total. The lowest BCUT2D eigenvalue weighted by Gasteiger charge is -2.28. The van der Waals surface area contributed by atoms with E-state index in [1.54, 1.807) is 37.5 Å². The van der Waals surface area contributed by atoms with E-state index in [1.807, 2.05) is 12.1 Å². The van der Waals surface area contributed by atoms with Crippen molar-refractivity contribution in [1.29, 1.82) is 0 Å². The fraction of sp³-hybridized carbons (Fsp3) is 0.273. The Morgan fingerprint density at radius 1 is 1.33 bits per heavy atom. The third-order valence-electron chi connectivity index (χ3n) is 5.11. The lowest BCUT2D eigenvalue weighted by Crippen LogP contribution is -2.32. The molecule has 158 valence electrons. The summed E-state index contributed by atoms with van der Waals surface area (Å²) in [5.41, 5.74) is 0.448. The van der Waals surface area contributed by atoms with Gasteiger partial charge in [-0.1, -0.05) is 18.5 Å². The van der Waals surface area contributed by atoms with Crippen LogP contribution in [0.2, 0.25) is 5.02 Å². The van der Waals surface area contributed by atoms with Crippen LogP contribution in [0.4, 0.5) is 5.69 Å². The molecule has 1 atom stereocenters. The van der Waals surface area contributed by atoms with Gasteiger partial charge in [-0.25, -0.2) is 9.59 Å². The van der Waals surface area contributed by atoms with E-state index in [1.165, 1.54) is 0 Å². The van der Waals surface area contributed by atoms with Gasteiger partial charge in [-0.3, -0.25) is 0 Å². The van der Waals surface area contributed by atoms with Crippen molar-refractivity contribution in [2.45, 2.75) is 19.8 Å². The van der Waals surface area contributed by atoms with E-state index in [-0.39, 0.29) is 12.1 Å². The maximum absolute atomic E-state index is 11.7. The van der Waals surface area contributed by atoms with E-state index in [2.05, 4.69) is 5.32 Å². The molecular formula is C22H22ClNO6. The van der Waals surface area contributed by atoms with Gasteiger partial charge in [0.05, 0.1) is 17.5 Å². The third kappa shape index (κ3) is 4.86. The van der Waals surface area contributed by atoms with Gasteiger partial charge in [0.1, 0.15) is 18.1 Å². The number of fused-ring (bicyclic) bond motifs is 1. The van der Waals surface area contributed by atoms with Gasteiger partial charge in [-0.2, -0.15) is 0 Å². The van der Waals surface area contributed by atoms with Gasteiger partial charge in [-0.05, 0) is 54.8 Å². The maximum atomic E-state index is 11.7. The Kier molecular flexibility index (Phi) is 6.52. The topological polar surface area (TPSA) is 109 Å². The van der Waals surface area contributed by atoms with Crippen LogP contribution in [0.5, 0.6) is 5.75 Å². The zero-order valence-electron chi connectivity index (χ0n) is 16.4. The fourth-order valence-electron chi connectivity index (χ4n) is 3.47. The zero-order valence-corrected chi connectivity index (χ0v) is 17.1. The van der Waals surface area contributed by atoms with Crippen molar-refractivity contribution >= 4 is 35.3 Å². The van der Waals surface area contributed by atoms with Crippen molar-refractivity contribution < 1.29 is 29.0 Å². The molecule has 30 heavy (non-hydrogen) atoms. The highest BCUT2D eigenvalue weighted by Gasteiger charge is 2.36. The summed E-state index contributed by atoms with van der Waals surface area (Å²) in [6.45, 7) is 2.26. The van der Waals surface area contributed by atoms with Crippen LogP contribution in [0.15, 0.2) is 52.7 Å². The molecule has 0 aliphatic carbocycles. The summed E-state index contributed by atoms with van der Waals surface area (Å²) in [4.78, 5) is 22.8. The molecule has 3 rings (SSSR count). The fourth-order valence-corrected chi connectivity index (χ4v) is 3.72. The van der Waals surface area contributed by atoms with Crippen molar-refractivity contribution in [3.63, 3.8) is 0 Å². The Morgan fingerprint density at radius 3 is 2.80 bits per heavy atom. The molecule has 1 aromatic carbocycles. The van der Waals surface area contributed by atoms with Crippen molar-refractivity contribution in [2.75, 3.05) is 18.5 Å². The summed E-state index contributed by atoms with van der Waals surface area (Å²) in [7, 11) is 0. The standard InChI is InChI=1S/C22H22ClNO6/c1-22(16(21(27)28)12-19(25)26)9-8-15-17(23)6-7-18(20(15)24-13-22)30-11-3-5-14-4-2-10-29-14/h2-7,10,12,24H,8-9,11,13H2,1H3,(H,25,26)(H,27,28). The number of carbonyl (C=O) groups is 2. The summed E-state index contributed by atoms with van der Waals surface area (Å²) in [5.74, 6) is -1.24. The summed E-state index contributed by atoms with van der Waals surface area (Å²) in [6.07, 6.45) is 6.86. The lowest BCUT2D eigenvalue weighted by molar-refractivity contribution is -0.136. The van der Waals surface area contributed by atoms with Gasteiger partial charge >= 0.3 is 11.9 Å². The minimum atomic E-state index is -1.29. The number of hydrogen-bond acceptors (Lipinski definition) is 5. The van der Waals surface area contributed by atoms with Gasteiger partial charge in [0, 0.05) is 23.1 Å². The first-order valence-electron chi connectivity index (χ1n) is 9.36. The highest BCUT2D eigenvalue weighted by molar-refractivity contribution is 6.31. The molecule has 0 amide bonds. The molecule has 1 unspecified atom stereocenters. The minimum Gasteiger partial charge on any atom is -0.487 e. The second-order valence-corrected chi connectivity index (χ2v) is 7.65. The van der Waals surface area contributed by atoms with Gasteiger partial charge in [0.2, 0.25) is 0 Å². The second-order valence-electron chi connectivity index (χ2n) is 7.24. The molecule has 1 aliphatic rings. The third-order valence-corrected chi connectivity index (χ3v) is 5.46. The highest BCUT2D eigenvalue weighted by atomic mass is 35.5. The molecule has 0 bridgehead atoms. The predicted molar refractivity (Wildman–Crippen MR) is 113 cm³/mol. The first-order valence-corrected chi connectivity index (χ1v) is 9.74. The van der Waals surface area contributed by atoms with Crippen LogP contribution in [-0.2, 0) is 16.0 Å². The number of anilines is 1. The van der Waals surface area contributed by atoms with Crippen LogP contribution in [0.3, 0.4) is 0 Å². The Hall–Kier alpha value is -3.19. The molecule has 2 aromatic rings. The largest absolute Gasteiger partial charge is 0.487 e. The number of benzene rings is 1. The number of carboxylic acids is 2. The number of aliphatic carboxylic acids is 2. The highest BCUT2D eigenvalue weighted by Crippen LogP contribution is 2.42. The molecule has 8 heteroatoms. The molecule has 1 aliphatic heterocycles. The normalized spacial score (nSPS) is 19.1. The van der Waals surface area contributed by atoms with Crippen molar-refractivity contribution in [3.05, 3.63) is 64.6 Å². The average Bonchev–Trinajstić information content (AvgIpc) is 3.14. The van der Waals surface area contributed by atoms with E-state index >= 15 is 0 Å². The summed E-state index contributed by atoms with van der Waals surface area (Å²) in [5, 5.41) is 22.4. The molecule has 0 radical (unpaired) electrons. The number of ether oxygens (including phenoxy) is 1. The van der Waals surface area contributed by atoms with Crippen molar-refractivity contribution in [3.8, 4) is 5.75 Å². The Labute approximate surface area is 178 Å². The smallest absolute Gasteiger partial charge is 0.332 e. The SMILES string of the molecule is CC1(C(=CC(=O)O)C(=O)O)CCc2c(Cl)ccc(OCC=Cc3ccco3)c2NC1. The zero-order chi connectivity index (χ0) is 21.7. The average molecular weight is 432 g/mol.